The Kier molecular flexibility index (Phi) is 4.92. The van der Waals surface area contributed by atoms with E-state index in [1.165, 1.54) is 0 Å². The molecule has 0 saturated carbocycles. The molecule has 1 aromatic rings. The molecule has 1 aromatic carbocycles. The summed E-state index contributed by atoms with van der Waals surface area (Å²) in [4.78, 5) is 22.4. The Morgan fingerprint density at radius 2 is 1.68 bits per heavy atom. The molecule has 19 heavy (non-hydrogen) atoms. The molecular formula is C14H20N2O3. The molecule has 104 valence electrons. The maximum atomic E-state index is 12.0. The normalized spacial score (nSPS) is 10.9. The zero-order valence-corrected chi connectivity index (χ0v) is 11.5. The molecule has 3 N–H and O–H groups in total. The van der Waals surface area contributed by atoms with Gasteiger partial charge in [0, 0.05) is 16.8 Å². The lowest BCUT2D eigenvalue weighted by Gasteiger charge is -2.21. The highest BCUT2D eigenvalue weighted by Crippen LogP contribution is 2.22. The molecule has 0 saturated heterocycles. The van der Waals surface area contributed by atoms with Crippen molar-refractivity contribution in [2.75, 3.05) is 17.2 Å². The Morgan fingerprint density at radius 1 is 1.16 bits per heavy atom. The largest absolute Gasteiger partial charge is 0.480 e. The zero-order valence-electron chi connectivity index (χ0n) is 11.5. The van der Waals surface area contributed by atoms with E-state index in [-0.39, 0.29) is 12.5 Å². The van der Waals surface area contributed by atoms with E-state index >= 15 is 0 Å². The smallest absolute Gasteiger partial charge is 0.322 e. The van der Waals surface area contributed by atoms with E-state index in [2.05, 4.69) is 10.6 Å². The number of carbonyl (C=O) groups excluding carboxylic acids is 1. The molecule has 5 nitrogen and oxygen atoms in total. The Bertz CT molecular complexity index is 452. The predicted octanol–water partition coefficient (Wildman–Crippen LogP) is 2.56. The van der Waals surface area contributed by atoms with Gasteiger partial charge in [0.1, 0.15) is 6.54 Å². The van der Waals surface area contributed by atoms with Gasteiger partial charge < -0.3 is 15.7 Å². The molecule has 0 radical (unpaired) electrons. The quantitative estimate of drug-likeness (QED) is 0.738. The van der Waals surface area contributed by atoms with Crippen LogP contribution in [0, 0.1) is 5.41 Å². The van der Waals surface area contributed by atoms with Gasteiger partial charge in [-0.1, -0.05) is 20.8 Å². The van der Waals surface area contributed by atoms with Crippen LogP contribution in [0.1, 0.15) is 27.2 Å². The van der Waals surface area contributed by atoms with Gasteiger partial charge in [0.05, 0.1) is 0 Å². The summed E-state index contributed by atoms with van der Waals surface area (Å²) >= 11 is 0. The fraction of sp³-hybridized carbons (Fsp3) is 0.429. The van der Waals surface area contributed by atoms with Crippen molar-refractivity contribution in [2.24, 2.45) is 5.41 Å². The van der Waals surface area contributed by atoms with Crippen LogP contribution >= 0.6 is 0 Å². The number of aliphatic carboxylic acids is 1. The molecule has 0 bridgehead atoms. The Balaban J connectivity index is 2.62. The highest BCUT2D eigenvalue weighted by atomic mass is 16.4. The summed E-state index contributed by atoms with van der Waals surface area (Å²) in [5.74, 6) is -0.941. The van der Waals surface area contributed by atoms with Gasteiger partial charge in [0.15, 0.2) is 0 Å². The van der Waals surface area contributed by atoms with Crippen molar-refractivity contribution < 1.29 is 14.7 Å². The number of carboxylic acid groups (broad SMARTS) is 1. The second-order valence-corrected chi connectivity index (χ2v) is 5.02. The summed E-state index contributed by atoms with van der Waals surface area (Å²) in [6.45, 7) is 5.63. The molecule has 1 rings (SSSR count). The number of amides is 1. The van der Waals surface area contributed by atoms with Crippen molar-refractivity contribution in [3.05, 3.63) is 24.3 Å². The van der Waals surface area contributed by atoms with Crippen LogP contribution < -0.4 is 10.6 Å². The van der Waals surface area contributed by atoms with Crippen molar-refractivity contribution in [1.82, 2.24) is 0 Å². The van der Waals surface area contributed by atoms with Crippen LogP contribution in [0.4, 0.5) is 11.4 Å². The third kappa shape index (κ3) is 4.62. The summed E-state index contributed by atoms with van der Waals surface area (Å²) in [6, 6.07) is 6.96. The molecule has 0 spiro atoms. The first-order chi connectivity index (χ1) is 8.85. The molecule has 0 unspecified atom stereocenters. The van der Waals surface area contributed by atoms with E-state index in [4.69, 9.17) is 5.11 Å². The number of carboxylic acids is 1. The van der Waals surface area contributed by atoms with Crippen LogP contribution in [-0.2, 0) is 9.59 Å². The second-order valence-electron chi connectivity index (χ2n) is 5.02. The van der Waals surface area contributed by atoms with E-state index in [0.29, 0.717) is 11.4 Å². The van der Waals surface area contributed by atoms with E-state index < -0.39 is 11.4 Å². The number of carbonyl (C=O) groups is 2. The molecule has 0 aliphatic heterocycles. The summed E-state index contributed by atoms with van der Waals surface area (Å²) in [6.07, 6.45) is 0.761. The van der Waals surface area contributed by atoms with Crippen molar-refractivity contribution in [2.45, 2.75) is 27.2 Å². The first-order valence-corrected chi connectivity index (χ1v) is 6.22. The summed E-state index contributed by atoms with van der Waals surface area (Å²) in [5, 5.41) is 14.1. The average molecular weight is 264 g/mol. The second kappa shape index (κ2) is 6.22. The van der Waals surface area contributed by atoms with Crippen LogP contribution in [-0.4, -0.2) is 23.5 Å². The standard InChI is InChI=1S/C14H20N2O3/c1-4-14(2,3)13(19)16-11-7-5-10(6-8-11)15-9-12(17)18/h5-8,15H,4,9H2,1-3H3,(H,16,19)(H,17,18). The van der Waals surface area contributed by atoms with Gasteiger partial charge >= 0.3 is 5.97 Å². The van der Waals surface area contributed by atoms with E-state index in [9.17, 15) is 9.59 Å². The number of hydrogen-bond acceptors (Lipinski definition) is 3. The molecule has 0 aromatic heterocycles. The SMILES string of the molecule is CCC(C)(C)C(=O)Nc1ccc(NCC(=O)O)cc1. The Labute approximate surface area is 113 Å². The number of hydrogen-bond donors (Lipinski definition) is 3. The van der Waals surface area contributed by atoms with Gasteiger partial charge in [-0.15, -0.1) is 0 Å². The van der Waals surface area contributed by atoms with Crippen molar-refractivity contribution >= 4 is 23.3 Å². The maximum Gasteiger partial charge on any atom is 0.322 e. The van der Waals surface area contributed by atoms with Crippen molar-refractivity contribution in [3.8, 4) is 0 Å². The molecule has 0 aliphatic carbocycles. The highest BCUT2D eigenvalue weighted by molar-refractivity contribution is 5.94. The highest BCUT2D eigenvalue weighted by Gasteiger charge is 2.25. The van der Waals surface area contributed by atoms with Gasteiger partial charge in [-0.2, -0.15) is 0 Å². The van der Waals surface area contributed by atoms with Crippen LogP contribution in [0.3, 0.4) is 0 Å². The number of benzene rings is 1. The lowest BCUT2D eigenvalue weighted by atomic mass is 9.89. The van der Waals surface area contributed by atoms with Crippen LogP contribution in [0.15, 0.2) is 24.3 Å². The minimum absolute atomic E-state index is 0.0266. The van der Waals surface area contributed by atoms with Crippen molar-refractivity contribution in [1.29, 1.82) is 0 Å². The summed E-state index contributed by atoms with van der Waals surface area (Å²) in [7, 11) is 0. The number of nitrogens with one attached hydrogen (secondary N) is 2. The molecule has 0 atom stereocenters. The summed E-state index contributed by atoms with van der Waals surface area (Å²) in [5.41, 5.74) is 1.00. The van der Waals surface area contributed by atoms with Gasteiger partial charge in [0.25, 0.3) is 0 Å². The van der Waals surface area contributed by atoms with Gasteiger partial charge in [-0.3, -0.25) is 9.59 Å². The molecule has 5 heteroatoms. The Morgan fingerprint density at radius 3 is 2.16 bits per heavy atom. The maximum absolute atomic E-state index is 12.0. The number of rotatable bonds is 6. The molecule has 1 amide bonds. The van der Waals surface area contributed by atoms with Crippen LogP contribution in [0.2, 0.25) is 0 Å². The van der Waals surface area contributed by atoms with E-state index in [1.54, 1.807) is 24.3 Å². The minimum atomic E-state index is -0.915. The lowest BCUT2D eigenvalue weighted by molar-refractivity contribution is -0.135. The van der Waals surface area contributed by atoms with Crippen LogP contribution in [0.25, 0.3) is 0 Å². The number of anilines is 2. The van der Waals surface area contributed by atoms with E-state index in [0.717, 1.165) is 6.42 Å². The topological polar surface area (TPSA) is 78.4 Å². The van der Waals surface area contributed by atoms with Crippen molar-refractivity contribution in [3.63, 3.8) is 0 Å². The zero-order chi connectivity index (χ0) is 14.5. The van der Waals surface area contributed by atoms with Gasteiger partial charge in [0.2, 0.25) is 5.91 Å². The Hall–Kier alpha value is -2.04. The molecule has 0 heterocycles. The summed E-state index contributed by atoms with van der Waals surface area (Å²) < 4.78 is 0. The van der Waals surface area contributed by atoms with E-state index in [1.807, 2.05) is 20.8 Å². The van der Waals surface area contributed by atoms with Crippen LogP contribution in [0.5, 0.6) is 0 Å². The van der Waals surface area contributed by atoms with Gasteiger partial charge in [-0.05, 0) is 30.7 Å². The third-order valence-corrected chi connectivity index (χ3v) is 3.09. The first kappa shape index (κ1) is 15.0. The monoisotopic (exact) mass is 264 g/mol. The average Bonchev–Trinajstić information content (AvgIpc) is 2.37. The minimum Gasteiger partial charge on any atom is -0.480 e. The molecule has 0 aliphatic rings. The first-order valence-electron chi connectivity index (χ1n) is 6.22. The lowest BCUT2D eigenvalue weighted by Crippen LogP contribution is -2.29. The fourth-order valence-corrected chi connectivity index (χ4v) is 1.31. The molecular weight excluding hydrogens is 244 g/mol. The van der Waals surface area contributed by atoms with Gasteiger partial charge in [-0.25, -0.2) is 0 Å². The predicted molar refractivity (Wildman–Crippen MR) is 75.3 cm³/mol. The fourth-order valence-electron chi connectivity index (χ4n) is 1.31. The molecule has 0 fully saturated rings. The third-order valence-electron chi connectivity index (χ3n) is 3.09.